The lowest BCUT2D eigenvalue weighted by atomic mass is 10.0. The van der Waals surface area contributed by atoms with Gasteiger partial charge in [0, 0.05) is 23.4 Å². The molecule has 2 rings (SSSR count). The Morgan fingerprint density at radius 3 is 2.30 bits per heavy atom. The molecule has 0 aromatic carbocycles. The summed E-state index contributed by atoms with van der Waals surface area (Å²) in [6.07, 6.45) is 1.21. The minimum Gasteiger partial charge on any atom is -0.356 e. The summed E-state index contributed by atoms with van der Waals surface area (Å²) >= 11 is 0. The Balaban J connectivity index is 1.99. The van der Waals surface area contributed by atoms with Crippen molar-refractivity contribution in [2.24, 2.45) is 16.7 Å². The first-order valence-corrected chi connectivity index (χ1v) is 8.70. The number of rotatable bonds is 4. The lowest BCUT2D eigenvalue weighted by molar-refractivity contribution is 0.0945. The van der Waals surface area contributed by atoms with Crippen LogP contribution < -0.4 is 5.32 Å². The number of H-pyrrole nitrogens is 1. The molecule has 1 aromatic rings. The molecule has 2 N–H and O–H groups in total. The number of nitrogens with one attached hydrogen (secondary N) is 2. The van der Waals surface area contributed by atoms with Crippen molar-refractivity contribution < 1.29 is 13.2 Å². The summed E-state index contributed by atoms with van der Waals surface area (Å²) in [5.74, 6) is 0.0835. The molecule has 0 spiro atoms. The first kappa shape index (κ1) is 15.4. The van der Waals surface area contributed by atoms with Gasteiger partial charge in [0.2, 0.25) is 0 Å². The fourth-order valence-corrected chi connectivity index (χ4v) is 3.51. The van der Waals surface area contributed by atoms with Crippen LogP contribution in [0, 0.1) is 16.7 Å². The third-order valence-corrected chi connectivity index (χ3v) is 6.30. The second-order valence-corrected chi connectivity index (χ2v) is 8.96. The van der Waals surface area contributed by atoms with Gasteiger partial charge < -0.3 is 10.3 Å². The van der Waals surface area contributed by atoms with E-state index in [2.05, 4.69) is 38.0 Å². The van der Waals surface area contributed by atoms with Crippen molar-refractivity contribution in [3.05, 3.63) is 18.0 Å². The Morgan fingerprint density at radius 1 is 1.35 bits per heavy atom. The van der Waals surface area contributed by atoms with Gasteiger partial charge in [0.25, 0.3) is 15.0 Å². The highest BCUT2D eigenvalue weighted by Crippen LogP contribution is 2.67. The van der Waals surface area contributed by atoms with E-state index in [0.29, 0.717) is 12.5 Å². The van der Waals surface area contributed by atoms with Crippen molar-refractivity contribution in [3.8, 4) is 0 Å². The molecular weight excluding hydrogens is 300 g/mol. The molecule has 0 bridgehead atoms. The van der Waals surface area contributed by atoms with Crippen molar-refractivity contribution >= 4 is 25.6 Å². The normalized spacial score (nSPS) is 20.6. The van der Waals surface area contributed by atoms with Crippen molar-refractivity contribution in [2.45, 2.75) is 32.6 Å². The Labute approximate surface area is 123 Å². The van der Waals surface area contributed by atoms with Crippen LogP contribution in [0.4, 0.5) is 0 Å². The zero-order valence-corrected chi connectivity index (χ0v) is 13.5. The number of amides is 1. The molecule has 7 heteroatoms. The zero-order valence-electron chi connectivity index (χ0n) is 12.0. The Bertz CT molecular complexity index is 632. The Morgan fingerprint density at radius 2 is 1.90 bits per heavy atom. The summed E-state index contributed by atoms with van der Waals surface area (Å²) in [6.45, 7) is 9.28. The monoisotopic (exact) mass is 318 g/mol. The number of aromatic amines is 1. The van der Waals surface area contributed by atoms with Gasteiger partial charge in [-0.2, -0.15) is 0 Å². The van der Waals surface area contributed by atoms with Gasteiger partial charge in [-0.05, 0) is 22.8 Å². The van der Waals surface area contributed by atoms with E-state index in [9.17, 15) is 13.2 Å². The van der Waals surface area contributed by atoms with Crippen LogP contribution in [0.25, 0.3) is 0 Å². The van der Waals surface area contributed by atoms with Crippen molar-refractivity contribution in [1.29, 1.82) is 0 Å². The van der Waals surface area contributed by atoms with E-state index >= 15 is 0 Å². The van der Waals surface area contributed by atoms with Crippen LogP contribution in [0.5, 0.6) is 0 Å². The molecule has 1 aromatic heterocycles. The molecule has 1 heterocycles. The lowest BCUT2D eigenvalue weighted by Crippen LogP contribution is -2.27. The number of carbonyl (C=O) groups is 1. The minimum atomic E-state index is -3.81. The molecule has 0 saturated heterocycles. The van der Waals surface area contributed by atoms with Crippen LogP contribution in [0.2, 0.25) is 0 Å². The summed E-state index contributed by atoms with van der Waals surface area (Å²) < 4.78 is 22.3. The predicted molar refractivity (Wildman–Crippen MR) is 77.2 cm³/mol. The van der Waals surface area contributed by atoms with E-state index in [1.165, 1.54) is 12.3 Å². The number of halogens is 1. The highest BCUT2D eigenvalue weighted by atomic mass is 35.7. The maximum atomic E-state index is 12.0. The van der Waals surface area contributed by atoms with Crippen molar-refractivity contribution in [2.75, 3.05) is 6.54 Å². The SMILES string of the molecule is CC1(C)C(CNC(=O)c2cc(S(=O)(=O)Cl)c[nH]2)C1(C)C. The second kappa shape index (κ2) is 4.49. The number of hydrogen-bond donors (Lipinski definition) is 2. The van der Waals surface area contributed by atoms with E-state index in [-0.39, 0.29) is 27.3 Å². The number of aromatic nitrogens is 1. The topological polar surface area (TPSA) is 79.0 Å². The van der Waals surface area contributed by atoms with Gasteiger partial charge in [-0.1, -0.05) is 27.7 Å². The summed E-state index contributed by atoms with van der Waals surface area (Å²) in [6, 6.07) is 1.24. The predicted octanol–water partition coefficient (Wildman–Crippen LogP) is 2.35. The standard InChI is InChI=1S/C13H19ClN2O3S/c1-12(2)10(13(12,3)4)7-16-11(17)9-5-8(6-15-9)20(14,18)19/h5-6,10,15H,7H2,1-4H3,(H,16,17). The average molecular weight is 319 g/mol. The van der Waals surface area contributed by atoms with E-state index in [1.54, 1.807) is 0 Å². The molecule has 0 aliphatic heterocycles. The van der Waals surface area contributed by atoms with Gasteiger partial charge in [-0.3, -0.25) is 4.79 Å². The van der Waals surface area contributed by atoms with Crippen LogP contribution in [0.1, 0.15) is 38.2 Å². The summed E-state index contributed by atoms with van der Waals surface area (Å²) in [7, 11) is 1.40. The first-order valence-electron chi connectivity index (χ1n) is 6.39. The average Bonchev–Trinajstić information content (AvgIpc) is 2.72. The molecule has 20 heavy (non-hydrogen) atoms. The maximum absolute atomic E-state index is 12.0. The van der Waals surface area contributed by atoms with E-state index in [4.69, 9.17) is 10.7 Å². The van der Waals surface area contributed by atoms with Crippen LogP contribution >= 0.6 is 10.7 Å². The summed E-state index contributed by atoms with van der Waals surface area (Å²) in [5, 5.41) is 2.83. The quantitative estimate of drug-likeness (QED) is 0.836. The second-order valence-electron chi connectivity index (χ2n) is 6.39. The highest BCUT2D eigenvalue weighted by Gasteiger charge is 2.64. The molecular formula is C13H19ClN2O3S. The van der Waals surface area contributed by atoms with Crippen LogP contribution in [0.3, 0.4) is 0 Å². The van der Waals surface area contributed by atoms with Gasteiger partial charge >= 0.3 is 0 Å². The molecule has 0 radical (unpaired) electrons. The van der Waals surface area contributed by atoms with Crippen LogP contribution in [0.15, 0.2) is 17.2 Å². The van der Waals surface area contributed by atoms with Crippen LogP contribution in [-0.2, 0) is 9.05 Å². The third kappa shape index (κ3) is 2.46. The molecule has 5 nitrogen and oxygen atoms in total. The fraction of sp³-hybridized carbons (Fsp3) is 0.615. The van der Waals surface area contributed by atoms with Crippen LogP contribution in [-0.4, -0.2) is 25.9 Å². The summed E-state index contributed by atoms with van der Waals surface area (Å²) in [5.41, 5.74) is 0.585. The Hall–Kier alpha value is -1.01. The summed E-state index contributed by atoms with van der Waals surface area (Å²) in [4.78, 5) is 14.5. The van der Waals surface area contributed by atoms with Gasteiger partial charge in [0.1, 0.15) is 10.6 Å². The molecule has 1 amide bonds. The molecule has 112 valence electrons. The van der Waals surface area contributed by atoms with E-state index in [1.807, 2.05) is 0 Å². The molecule has 1 aliphatic carbocycles. The molecule has 0 unspecified atom stereocenters. The smallest absolute Gasteiger partial charge is 0.267 e. The first-order chi connectivity index (χ1) is 8.98. The van der Waals surface area contributed by atoms with Gasteiger partial charge in [0.05, 0.1) is 0 Å². The van der Waals surface area contributed by atoms with Crippen molar-refractivity contribution in [3.63, 3.8) is 0 Å². The van der Waals surface area contributed by atoms with E-state index in [0.717, 1.165) is 0 Å². The molecule has 1 saturated carbocycles. The van der Waals surface area contributed by atoms with Gasteiger partial charge in [-0.25, -0.2) is 8.42 Å². The van der Waals surface area contributed by atoms with Gasteiger partial charge in [-0.15, -0.1) is 0 Å². The maximum Gasteiger partial charge on any atom is 0.267 e. The number of carbonyl (C=O) groups excluding carboxylic acids is 1. The molecule has 1 aliphatic rings. The fourth-order valence-electron chi connectivity index (χ4n) is 2.78. The van der Waals surface area contributed by atoms with Crippen molar-refractivity contribution in [1.82, 2.24) is 10.3 Å². The minimum absolute atomic E-state index is 0.101. The Kier molecular flexibility index (Phi) is 3.46. The zero-order chi connectivity index (χ0) is 15.3. The van der Waals surface area contributed by atoms with Gasteiger partial charge in [0.15, 0.2) is 0 Å². The number of hydrogen-bond acceptors (Lipinski definition) is 3. The van der Waals surface area contributed by atoms with E-state index < -0.39 is 9.05 Å². The largest absolute Gasteiger partial charge is 0.356 e. The third-order valence-electron chi connectivity index (χ3n) is 4.97. The molecule has 1 fully saturated rings. The molecule has 0 atom stereocenters. The lowest BCUT2D eigenvalue weighted by Gasteiger charge is -2.04. The highest BCUT2D eigenvalue weighted by molar-refractivity contribution is 8.13.